The van der Waals surface area contributed by atoms with Crippen LogP contribution in [0, 0.1) is 5.41 Å². The highest BCUT2D eigenvalue weighted by Gasteiger charge is 2.39. The standard InChI is InChI=1S/C38H54F2/c1-3-5-7-9-11-12-13-14-16-21-30-38(29-20-15-10-8-6-4-2)31-28-35(36(39)37(38)40)34-26-24-33(25-27-34)32-22-18-17-19-23-32/h17-19,22-28,31,35H,3-16,20-21,29-30H2,1-2H3. The first-order valence-corrected chi connectivity index (χ1v) is 16.5. The van der Waals surface area contributed by atoms with Crippen LogP contribution in [-0.4, -0.2) is 0 Å². The van der Waals surface area contributed by atoms with E-state index in [4.69, 9.17) is 0 Å². The van der Waals surface area contributed by atoms with Crippen LogP contribution in [0.3, 0.4) is 0 Å². The third-order valence-electron chi connectivity index (χ3n) is 8.86. The smallest absolute Gasteiger partial charge is 0.143 e. The van der Waals surface area contributed by atoms with Crippen molar-refractivity contribution in [2.45, 2.75) is 135 Å². The van der Waals surface area contributed by atoms with Crippen LogP contribution in [-0.2, 0) is 0 Å². The van der Waals surface area contributed by atoms with E-state index in [0.29, 0.717) is 12.8 Å². The van der Waals surface area contributed by atoms with Crippen molar-refractivity contribution in [2.24, 2.45) is 5.41 Å². The second-order valence-electron chi connectivity index (χ2n) is 12.1. The Bertz CT molecular complexity index is 1000. The molecule has 0 radical (unpaired) electrons. The van der Waals surface area contributed by atoms with Crippen molar-refractivity contribution in [3.63, 3.8) is 0 Å². The Morgan fingerprint density at radius 1 is 0.550 bits per heavy atom. The zero-order chi connectivity index (χ0) is 28.5. The molecule has 0 spiro atoms. The maximum atomic E-state index is 16.0. The first kappa shape index (κ1) is 32.3. The van der Waals surface area contributed by atoms with E-state index in [1.807, 2.05) is 54.6 Å². The molecule has 0 heterocycles. The van der Waals surface area contributed by atoms with Gasteiger partial charge in [-0.2, -0.15) is 0 Å². The van der Waals surface area contributed by atoms with Gasteiger partial charge in [0.15, 0.2) is 0 Å². The van der Waals surface area contributed by atoms with Crippen LogP contribution < -0.4 is 0 Å². The van der Waals surface area contributed by atoms with Gasteiger partial charge in [0.1, 0.15) is 11.7 Å². The second kappa shape index (κ2) is 18.3. The summed E-state index contributed by atoms with van der Waals surface area (Å²) in [6.45, 7) is 4.48. The molecule has 0 saturated heterocycles. The first-order chi connectivity index (χ1) is 19.6. The van der Waals surface area contributed by atoms with Gasteiger partial charge >= 0.3 is 0 Å². The summed E-state index contributed by atoms with van der Waals surface area (Å²) in [5, 5.41) is 0. The Hall–Kier alpha value is -2.22. The van der Waals surface area contributed by atoms with E-state index in [0.717, 1.165) is 42.4 Å². The van der Waals surface area contributed by atoms with Gasteiger partial charge in [-0.25, -0.2) is 8.78 Å². The molecular formula is C38H54F2. The summed E-state index contributed by atoms with van der Waals surface area (Å²) in [7, 11) is 0. The van der Waals surface area contributed by atoms with Crippen LogP contribution in [0.5, 0.6) is 0 Å². The Morgan fingerprint density at radius 2 is 1.00 bits per heavy atom. The van der Waals surface area contributed by atoms with Gasteiger partial charge in [0.05, 0.1) is 5.92 Å². The fraction of sp³-hybridized carbons (Fsp3) is 0.579. The van der Waals surface area contributed by atoms with E-state index in [9.17, 15) is 0 Å². The number of rotatable bonds is 20. The first-order valence-electron chi connectivity index (χ1n) is 16.5. The fourth-order valence-electron chi connectivity index (χ4n) is 6.24. The summed E-state index contributed by atoms with van der Waals surface area (Å²) in [5.74, 6) is -1.71. The molecule has 2 unspecified atom stereocenters. The predicted molar refractivity (Wildman–Crippen MR) is 170 cm³/mol. The molecular weight excluding hydrogens is 494 g/mol. The predicted octanol–water partition coefficient (Wildman–Crippen LogP) is 13.2. The summed E-state index contributed by atoms with van der Waals surface area (Å²) in [6, 6.07) is 18.1. The third-order valence-corrected chi connectivity index (χ3v) is 8.86. The van der Waals surface area contributed by atoms with Crippen molar-refractivity contribution in [1.29, 1.82) is 0 Å². The minimum atomic E-state index is -0.768. The van der Waals surface area contributed by atoms with Crippen LogP contribution in [0.2, 0.25) is 0 Å². The molecule has 0 N–H and O–H groups in total. The Morgan fingerprint density at radius 3 is 1.50 bits per heavy atom. The van der Waals surface area contributed by atoms with E-state index in [2.05, 4.69) is 26.0 Å². The van der Waals surface area contributed by atoms with Crippen LogP contribution in [0.25, 0.3) is 11.1 Å². The maximum absolute atomic E-state index is 16.0. The molecule has 0 aliphatic heterocycles. The van der Waals surface area contributed by atoms with Crippen LogP contribution in [0.1, 0.15) is 141 Å². The molecule has 1 aliphatic carbocycles. The Kier molecular flexibility index (Phi) is 14.7. The second-order valence-corrected chi connectivity index (χ2v) is 12.1. The van der Waals surface area contributed by atoms with E-state index >= 15 is 8.78 Å². The molecule has 220 valence electrons. The molecule has 0 fully saturated rings. The Labute approximate surface area is 244 Å². The average molecular weight is 549 g/mol. The summed E-state index contributed by atoms with van der Waals surface area (Å²) >= 11 is 0. The van der Waals surface area contributed by atoms with E-state index in [1.54, 1.807) is 0 Å². The van der Waals surface area contributed by atoms with Crippen LogP contribution in [0.15, 0.2) is 78.4 Å². The molecule has 1 aliphatic rings. The summed E-state index contributed by atoms with van der Waals surface area (Å²) in [5.41, 5.74) is 2.27. The number of hydrogen-bond acceptors (Lipinski definition) is 0. The fourth-order valence-corrected chi connectivity index (χ4v) is 6.24. The highest BCUT2D eigenvalue weighted by Crippen LogP contribution is 2.49. The number of benzene rings is 2. The van der Waals surface area contributed by atoms with Gasteiger partial charge in [0, 0.05) is 5.41 Å². The molecule has 0 saturated carbocycles. The van der Waals surface area contributed by atoms with Gasteiger partial charge in [0.25, 0.3) is 0 Å². The van der Waals surface area contributed by atoms with Crippen LogP contribution >= 0.6 is 0 Å². The van der Waals surface area contributed by atoms with Gasteiger partial charge < -0.3 is 0 Å². The minimum Gasteiger partial charge on any atom is -0.208 e. The summed E-state index contributed by atoms with van der Waals surface area (Å²) < 4.78 is 31.8. The normalized spacial score (nSPS) is 18.9. The number of halogens is 2. The highest BCUT2D eigenvalue weighted by atomic mass is 19.2. The monoisotopic (exact) mass is 548 g/mol. The SMILES string of the molecule is CCCCCCCCCCCCC1(CCCCCCCC)C=CC(c2ccc(-c3ccccc3)cc2)C(F)=C1F. The van der Waals surface area contributed by atoms with Gasteiger partial charge in [-0.3, -0.25) is 0 Å². The van der Waals surface area contributed by atoms with E-state index in [1.165, 1.54) is 77.0 Å². The van der Waals surface area contributed by atoms with Crippen molar-refractivity contribution in [1.82, 2.24) is 0 Å². The summed E-state index contributed by atoms with van der Waals surface area (Å²) in [4.78, 5) is 0. The van der Waals surface area contributed by atoms with Crippen molar-refractivity contribution in [3.8, 4) is 11.1 Å². The lowest BCUT2D eigenvalue weighted by molar-refractivity contribution is 0.266. The average Bonchev–Trinajstić information content (AvgIpc) is 2.99. The maximum Gasteiger partial charge on any atom is 0.143 e. The molecule has 0 nitrogen and oxygen atoms in total. The zero-order valence-corrected chi connectivity index (χ0v) is 25.4. The largest absolute Gasteiger partial charge is 0.208 e. The zero-order valence-electron chi connectivity index (χ0n) is 25.4. The van der Waals surface area contributed by atoms with Crippen molar-refractivity contribution < 1.29 is 8.78 Å². The quantitative estimate of drug-likeness (QED) is 0.114. The molecule has 3 rings (SSSR count). The van der Waals surface area contributed by atoms with Gasteiger partial charge in [-0.05, 0) is 29.5 Å². The van der Waals surface area contributed by atoms with Gasteiger partial charge in [-0.1, -0.05) is 183 Å². The van der Waals surface area contributed by atoms with E-state index in [-0.39, 0.29) is 0 Å². The number of allylic oxidation sites excluding steroid dienone is 4. The molecule has 2 aromatic carbocycles. The Balaban J connectivity index is 1.60. The molecule has 0 bridgehead atoms. The summed E-state index contributed by atoms with van der Waals surface area (Å²) in [6.07, 6.45) is 24.9. The van der Waals surface area contributed by atoms with Crippen molar-refractivity contribution in [3.05, 3.63) is 84.0 Å². The molecule has 0 amide bonds. The molecule has 2 heteroatoms. The van der Waals surface area contributed by atoms with Crippen molar-refractivity contribution in [2.75, 3.05) is 0 Å². The lowest BCUT2D eigenvalue weighted by Crippen LogP contribution is -2.24. The van der Waals surface area contributed by atoms with E-state index < -0.39 is 23.0 Å². The molecule has 2 atom stereocenters. The topological polar surface area (TPSA) is 0 Å². The number of unbranched alkanes of at least 4 members (excludes halogenated alkanes) is 14. The van der Waals surface area contributed by atoms with Crippen molar-refractivity contribution >= 4 is 0 Å². The van der Waals surface area contributed by atoms with Crippen LogP contribution in [0.4, 0.5) is 8.78 Å². The minimum absolute atomic E-state index is 0.503. The lowest BCUT2D eigenvalue weighted by Gasteiger charge is -2.34. The third kappa shape index (κ3) is 10.0. The van der Waals surface area contributed by atoms with Gasteiger partial charge in [0.2, 0.25) is 0 Å². The number of hydrogen-bond donors (Lipinski definition) is 0. The lowest BCUT2D eigenvalue weighted by atomic mass is 9.71. The molecule has 0 aromatic heterocycles. The molecule has 2 aromatic rings. The van der Waals surface area contributed by atoms with Gasteiger partial charge in [-0.15, -0.1) is 0 Å². The highest BCUT2D eigenvalue weighted by molar-refractivity contribution is 5.63. The molecule has 40 heavy (non-hydrogen) atoms.